The van der Waals surface area contributed by atoms with E-state index in [1.165, 1.54) is 72.7 Å². The van der Waals surface area contributed by atoms with Crippen molar-refractivity contribution in [1.29, 1.82) is 0 Å². The standard InChI is InChI=1S/C21H39P2.C5H5.Co/c1-5-9-16-22(17-10-6-2)20-14-13-15-21(20)23(18-11-7-3)19-12-8-4;1-2-4-5-3-1;/h13-15H,5-12,16-19H2,1-4H3;1-5H;. The number of fused-ring (bicyclic) bond motifs is 10. The molecule has 10 rings (SSSR count). The zero-order valence-corrected chi connectivity index (χ0v) is 22.2. The van der Waals surface area contributed by atoms with Gasteiger partial charge in [-0.25, -0.2) is 0 Å². The third-order valence-electron chi connectivity index (χ3n) is 18.0. The summed E-state index contributed by atoms with van der Waals surface area (Å²) in [4.78, 5) is 12.3. The summed E-state index contributed by atoms with van der Waals surface area (Å²) in [5, 5.41) is 0. The molecule has 10 aliphatic rings. The Morgan fingerprint density at radius 2 is 0.828 bits per heavy atom. The second-order valence-corrected chi connectivity index (χ2v) is 42.6. The molecular formula is C26H44CoP2. The van der Waals surface area contributed by atoms with Gasteiger partial charge in [0.15, 0.2) is 0 Å². The average Bonchev–Trinajstić information content (AvgIpc) is 3.67. The summed E-state index contributed by atoms with van der Waals surface area (Å²) in [5.41, 5.74) is 0. The Kier molecular flexibility index (Phi) is 1.37. The molecule has 0 aliphatic carbocycles. The maximum atomic E-state index is 2.48. The summed E-state index contributed by atoms with van der Waals surface area (Å²) >= 11 is 0. The molecule has 167 valence electrons. The molecule has 0 saturated carbocycles. The van der Waals surface area contributed by atoms with Gasteiger partial charge in [0.2, 0.25) is 0 Å². The first-order valence-corrected chi connectivity index (χ1v) is 22.8. The molecule has 0 aromatic carbocycles. The van der Waals surface area contributed by atoms with Crippen molar-refractivity contribution in [3.8, 4) is 0 Å². The first kappa shape index (κ1) is 16.9. The van der Waals surface area contributed by atoms with E-state index >= 15 is 0 Å². The van der Waals surface area contributed by atoms with E-state index in [4.69, 9.17) is 0 Å². The van der Waals surface area contributed by atoms with Crippen molar-refractivity contribution in [2.24, 2.45) is 0 Å². The SMILES string of the molecule is CCCCP(CCCC)[C]12[CH]3[CH]4[CH]5[C]1(P(CCCC)CCCC)[Co]43521678[CH]2[CH]1[CH]6[CH]7[CH]28. The summed E-state index contributed by atoms with van der Waals surface area (Å²) in [6.07, 6.45) is 16.2. The van der Waals surface area contributed by atoms with Gasteiger partial charge in [-0.2, -0.15) is 0 Å². The van der Waals surface area contributed by atoms with E-state index in [2.05, 4.69) is 27.7 Å². The first-order chi connectivity index (χ1) is 14.0. The van der Waals surface area contributed by atoms with E-state index in [-0.39, 0.29) is 0 Å². The summed E-state index contributed by atoms with van der Waals surface area (Å²) in [5.74, 6) is 0. The second kappa shape index (κ2) is 2.35. The molecule has 10 saturated heterocycles. The molecule has 10 fully saturated rings. The Bertz CT molecular complexity index is 1080. The van der Waals surface area contributed by atoms with Gasteiger partial charge >= 0.3 is 173 Å². The summed E-state index contributed by atoms with van der Waals surface area (Å²) in [6, 6.07) is 0. The topological polar surface area (TPSA) is 0 Å². The van der Waals surface area contributed by atoms with Crippen LogP contribution in [0.15, 0.2) is 0 Å². The van der Waals surface area contributed by atoms with Gasteiger partial charge in [0.05, 0.1) is 0 Å². The molecule has 29 heavy (non-hydrogen) atoms. The van der Waals surface area contributed by atoms with E-state index in [9.17, 15) is 0 Å². The van der Waals surface area contributed by atoms with Crippen molar-refractivity contribution in [3.63, 3.8) is 0 Å². The molecule has 0 nitrogen and oxygen atoms in total. The fourth-order valence-electron chi connectivity index (χ4n) is 19.3. The van der Waals surface area contributed by atoms with Crippen LogP contribution in [0.5, 0.6) is 0 Å². The Labute approximate surface area is 172 Å². The molecule has 0 N–H and O–H groups in total. The van der Waals surface area contributed by atoms with Gasteiger partial charge in [0.25, 0.3) is 0 Å². The van der Waals surface area contributed by atoms with Crippen molar-refractivity contribution in [2.45, 2.75) is 126 Å². The van der Waals surface area contributed by atoms with E-state index in [1.54, 1.807) is 50.3 Å². The second-order valence-electron chi connectivity index (χ2n) is 14.6. The minimum atomic E-state index is -3.07. The van der Waals surface area contributed by atoms with Gasteiger partial charge in [-0.05, 0) is 0 Å². The van der Waals surface area contributed by atoms with Crippen LogP contribution in [0.4, 0.5) is 0 Å². The molecule has 1 spiro atoms. The monoisotopic (exact) mass is 477 g/mol. The van der Waals surface area contributed by atoms with Gasteiger partial charge in [-0.3, -0.25) is 0 Å². The van der Waals surface area contributed by atoms with Gasteiger partial charge in [-0.1, -0.05) is 0 Å². The van der Waals surface area contributed by atoms with Crippen LogP contribution in [0.25, 0.3) is 0 Å². The third-order valence-corrected chi connectivity index (χ3v) is 73.2. The predicted molar refractivity (Wildman–Crippen MR) is 128 cm³/mol. The Morgan fingerprint density at radius 1 is 0.517 bits per heavy atom. The fraction of sp³-hybridized carbons (Fsp3) is 1.00. The average molecular weight is 478 g/mol. The first-order valence-electron chi connectivity index (χ1n) is 13.6. The molecule has 0 aromatic heterocycles. The molecular weight excluding hydrogens is 433 g/mol. The van der Waals surface area contributed by atoms with Crippen molar-refractivity contribution in [3.05, 3.63) is 0 Å². The van der Waals surface area contributed by atoms with Crippen LogP contribution in [0.3, 0.4) is 0 Å². The summed E-state index contributed by atoms with van der Waals surface area (Å²) in [6.45, 7) is 9.93. The van der Waals surface area contributed by atoms with Crippen LogP contribution in [-0.4, -0.2) is 32.8 Å². The molecule has 0 amide bonds. The molecule has 4 atom stereocenters. The van der Waals surface area contributed by atoms with Crippen LogP contribution in [0.2, 0.25) is 38.8 Å². The van der Waals surface area contributed by atoms with Gasteiger partial charge < -0.3 is 0 Å². The van der Waals surface area contributed by atoms with Gasteiger partial charge in [-0.15, -0.1) is 0 Å². The van der Waals surface area contributed by atoms with Crippen molar-refractivity contribution in [2.75, 3.05) is 24.6 Å². The summed E-state index contributed by atoms with van der Waals surface area (Å²) < 4.78 is 2.43. The number of hydrogen-bond acceptors (Lipinski definition) is 0. The minimum absolute atomic E-state index is 0.413. The quantitative estimate of drug-likeness (QED) is 0.219. The van der Waals surface area contributed by atoms with Crippen molar-refractivity contribution in [1.82, 2.24) is 0 Å². The number of hydrogen-bond donors (Lipinski definition) is 0. The van der Waals surface area contributed by atoms with E-state index in [0.717, 1.165) is 0 Å². The zero-order chi connectivity index (χ0) is 19.6. The zero-order valence-electron chi connectivity index (χ0n) is 19.3. The van der Waals surface area contributed by atoms with Crippen LogP contribution >= 0.6 is 15.8 Å². The molecule has 10 heterocycles. The van der Waals surface area contributed by atoms with Crippen LogP contribution in [0.1, 0.15) is 79.1 Å². The van der Waals surface area contributed by atoms with Crippen LogP contribution < -0.4 is 0 Å². The van der Waals surface area contributed by atoms with Crippen LogP contribution in [-0.2, 0) is 6.37 Å². The Hall–Kier alpha value is 1.37. The molecule has 0 aromatic rings. The third kappa shape index (κ3) is 0.335. The molecule has 3 heteroatoms. The van der Waals surface area contributed by atoms with Gasteiger partial charge in [0.1, 0.15) is 0 Å². The van der Waals surface area contributed by atoms with Crippen LogP contribution in [0, 0.1) is 0 Å². The van der Waals surface area contributed by atoms with E-state index in [1.807, 2.05) is 0 Å². The predicted octanol–water partition coefficient (Wildman–Crippen LogP) is 9.36. The fourth-order valence-corrected chi connectivity index (χ4v) is 122. The van der Waals surface area contributed by atoms with E-state index in [0.29, 0.717) is 15.8 Å². The Morgan fingerprint density at radius 3 is 1.03 bits per heavy atom. The van der Waals surface area contributed by atoms with Gasteiger partial charge in [0, 0.05) is 0 Å². The molecule has 4 unspecified atom stereocenters. The van der Waals surface area contributed by atoms with Crippen molar-refractivity contribution >= 4 is 15.8 Å². The molecule has 0 radical (unpaired) electrons. The Balaban J connectivity index is 1.19. The number of unbranched alkanes of at least 4 members (excludes halogenated alkanes) is 4. The van der Waals surface area contributed by atoms with E-state index < -0.39 is 6.37 Å². The normalized spacial score (nSPS) is 77.9. The number of rotatable bonds is 14. The maximum absolute atomic E-state index is 3.07. The molecule has 10 aliphatic heterocycles. The summed E-state index contributed by atoms with van der Waals surface area (Å²) in [7, 11) is 0.825. The molecule has 0 bridgehead atoms. The van der Waals surface area contributed by atoms with Crippen molar-refractivity contribution < 1.29 is 6.37 Å².